The van der Waals surface area contributed by atoms with Gasteiger partial charge in [0.25, 0.3) is 0 Å². The summed E-state index contributed by atoms with van der Waals surface area (Å²) in [5.74, 6) is 1.21. The maximum Gasteiger partial charge on any atom is 0.115 e. The summed E-state index contributed by atoms with van der Waals surface area (Å²) in [5.41, 5.74) is 1.23. The Morgan fingerprint density at radius 2 is 1.71 bits per heavy atom. The van der Waals surface area contributed by atoms with Gasteiger partial charge in [-0.25, -0.2) is 0 Å². The van der Waals surface area contributed by atoms with E-state index in [9.17, 15) is 5.11 Å². The second kappa shape index (κ2) is 3.91. The van der Waals surface area contributed by atoms with Crippen LogP contribution in [0.1, 0.15) is 19.8 Å². The van der Waals surface area contributed by atoms with Crippen molar-refractivity contribution in [1.29, 1.82) is 0 Å². The van der Waals surface area contributed by atoms with Crippen molar-refractivity contribution in [3.63, 3.8) is 0 Å². The third-order valence-corrected chi connectivity index (χ3v) is 3.00. The Labute approximate surface area is 85.2 Å². The molecule has 1 aliphatic rings. The van der Waals surface area contributed by atoms with Gasteiger partial charge < -0.3 is 10.0 Å². The Morgan fingerprint density at radius 1 is 1.14 bits per heavy atom. The number of phenols is 1. The topological polar surface area (TPSA) is 23.5 Å². The lowest BCUT2D eigenvalue weighted by Gasteiger charge is -2.32. The van der Waals surface area contributed by atoms with Gasteiger partial charge in [0.15, 0.2) is 0 Å². The van der Waals surface area contributed by atoms with Gasteiger partial charge in [-0.1, -0.05) is 6.92 Å². The van der Waals surface area contributed by atoms with Gasteiger partial charge in [0.2, 0.25) is 0 Å². The van der Waals surface area contributed by atoms with Gasteiger partial charge in [0, 0.05) is 18.8 Å². The summed E-state index contributed by atoms with van der Waals surface area (Å²) in [6, 6.07) is 7.50. The predicted molar refractivity (Wildman–Crippen MR) is 58.7 cm³/mol. The Hall–Kier alpha value is -1.18. The second-order valence-corrected chi connectivity index (χ2v) is 4.19. The number of piperidine rings is 1. The number of rotatable bonds is 1. The molecule has 0 amide bonds. The highest BCUT2D eigenvalue weighted by atomic mass is 16.3. The summed E-state index contributed by atoms with van der Waals surface area (Å²) in [5, 5.41) is 9.18. The van der Waals surface area contributed by atoms with Crippen LogP contribution in [0.25, 0.3) is 0 Å². The number of nitrogens with zero attached hydrogens (tertiary/aromatic N) is 1. The number of anilines is 1. The first-order valence-electron chi connectivity index (χ1n) is 5.29. The van der Waals surface area contributed by atoms with Crippen LogP contribution in [0, 0.1) is 5.92 Å². The zero-order valence-electron chi connectivity index (χ0n) is 8.61. The molecule has 76 valence electrons. The molecule has 0 unspecified atom stereocenters. The van der Waals surface area contributed by atoms with E-state index in [4.69, 9.17) is 0 Å². The maximum absolute atomic E-state index is 9.18. The molecule has 1 fully saturated rings. The molecule has 1 aromatic rings. The van der Waals surface area contributed by atoms with Crippen LogP contribution in [-0.4, -0.2) is 18.2 Å². The highest BCUT2D eigenvalue weighted by Gasteiger charge is 2.15. The average Bonchev–Trinajstić information content (AvgIpc) is 2.21. The van der Waals surface area contributed by atoms with Gasteiger partial charge in [0.05, 0.1) is 0 Å². The molecule has 1 aromatic carbocycles. The maximum atomic E-state index is 9.18. The molecule has 0 saturated carbocycles. The number of aromatic hydroxyl groups is 1. The van der Waals surface area contributed by atoms with E-state index in [1.807, 2.05) is 12.1 Å². The Kier molecular flexibility index (Phi) is 2.62. The van der Waals surface area contributed by atoms with Crippen LogP contribution < -0.4 is 4.90 Å². The van der Waals surface area contributed by atoms with E-state index in [0.29, 0.717) is 5.75 Å². The molecule has 0 atom stereocenters. The fourth-order valence-corrected chi connectivity index (χ4v) is 1.93. The van der Waals surface area contributed by atoms with Crippen LogP contribution >= 0.6 is 0 Å². The molecule has 2 heteroatoms. The molecule has 2 rings (SSSR count). The van der Waals surface area contributed by atoms with E-state index >= 15 is 0 Å². The smallest absolute Gasteiger partial charge is 0.115 e. The first-order valence-corrected chi connectivity index (χ1v) is 5.29. The fraction of sp³-hybridized carbons (Fsp3) is 0.500. The average molecular weight is 191 g/mol. The molecular weight excluding hydrogens is 174 g/mol. The van der Waals surface area contributed by atoms with Crippen molar-refractivity contribution in [3.8, 4) is 5.75 Å². The zero-order valence-corrected chi connectivity index (χ0v) is 8.61. The predicted octanol–water partition coefficient (Wildman–Crippen LogP) is 2.63. The lowest BCUT2D eigenvalue weighted by Crippen LogP contribution is -2.32. The van der Waals surface area contributed by atoms with Gasteiger partial charge in [-0.15, -0.1) is 0 Å². The third kappa shape index (κ3) is 2.00. The molecule has 1 aliphatic heterocycles. The largest absolute Gasteiger partial charge is 0.508 e. The van der Waals surface area contributed by atoms with E-state index in [1.54, 1.807) is 12.1 Å². The standard InChI is InChI=1S/C12H17NO/c1-10-6-8-13(9-7-10)11-2-4-12(14)5-3-11/h2-5,10,14H,6-9H2,1H3. The van der Waals surface area contributed by atoms with Crippen LogP contribution in [-0.2, 0) is 0 Å². The van der Waals surface area contributed by atoms with Crippen molar-refractivity contribution in [2.75, 3.05) is 18.0 Å². The molecule has 2 nitrogen and oxygen atoms in total. The zero-order chi connectivity index (χ0) is 9.97. The summed E-state index contributed by atoms with van der Waals surface area (Å²) < 4.78 is 0. The molecule has 1 heterocycles. The molecule has 14 heavy (non-hydrogen) atoms. The summed E-state index contributed by atoms with van der Waals surface area (Å²) in [4.78, 5) is 2.39. The summed E-state index contributed by atoms with van der Waals surface area (Å²) >= 11 is 0. The third-order valence-electron chi connectivity index (χ3n) is 3.00. The number of phenolic OH excluding ortho intramolecular Hbond substituents is 1. The van der Waals surface area contributed by atoms with E-state index < -0.39 is 0 Å². The summed E-state index contributed by atoms with van der Waals surface area (Å²) in [6.07, 6.45) is 2.56. The monoisotopic (exact) mass is 191 g/mol. The molecule has 1 N–H and O–H groups in total. The molecule has 0 spiro atoms. The lowest BCUT2D eigenvalue weighted by molar-refractivity contribution is 0.438. The molecule has 0 radical (unpaired) electrons. The number of hydrogen-bond donors (Lipinski definition) is 1. The van der Waals surface area contributed by atoms with Crippen molar-refractivity contribution in [3.05, 3.63) is 24.3 Å². The number of hydrogen-bond acceptors (Lipinski definition) is 2. The van der Waals surface area contributed by atoms with Gasteiger partial charge in [-0.2, -0.15) is 0 Å². The first-order chi connectivity index (χ1) is 6.75. The van der Waals surface area contributed by atoms with Gasteiger partial charge in [-0.3, -0.25) is 0 Å². The van der Waals surface area contributed by atoms with Crippen molar-refractivity contribution in [1.82, 2.24) is 0 Å². The van der Waals surface area contributed by atoms with Crippen molar-refractivity contribution in [2.24, 2.45) is 5.92 Å². The van der Waals surface area contributed by atoms with Gasteiger partial charge >= 0.3 is 0 Å². The SMILES string of the molecule is CC1CCN(c2ccc(O)cc2)CC1. The number of benzene rings is 1. The molecule has 0 bridgehead atoms. The molecule has 0 aliphatic carbocycles. The van der Waals surface area contributed by atoms with Crippen LogP contribution in [0.5, 0.6) is 5.75 Å². The van der Waals surface area contributed by atoms with Crippen LogP contribution in [0.3, 0.4) is 0 Å². The minimum absolute atomic E-state index is 0.346. The van der Waals surface area contributed by atoms with Crippen LogP contribution in [0.2, 0.25) is 0 Å². The summed E-state index contributed by atoms with van der Waals surface area (Å²) in [6.45, 7) is 4.60. The normalized spacial score (nSPS) is 18.5. The van der Waals surface area contributed by atoms with Crippen molar-refractivity contribution < 1.29 is 5.11 Å². The van der Waals surface area contributed by atoms with Gasteiger partial charge in [0.1, 0.15) is 5.75 Å². The molecule has 0 aromatic heterocycles. The highest BCUT2D eigenvalue weighted by Crippen LogP contribution is 2.24. The van der Waals surface area contributed by atoms with Crippen molar-refractivity contribution >= 4 is 5.69 Å². The van der Waals surface area contributed by atoms with Crippen LogP contribution in [0.4, 0.5) is 5.69 Å². The lowest BCUT2D eigenvalue weighted by atomic mass is 9.99. The van der Waals surface area contributed by atoms with E-state index in [-0.39, 0.29) is 0 Å². The van der Waals surface area contributed by atoms with Gasteiger partial charge in [-0.05, 0) is 43.0 Å². The Balaban J connectivity index is 2.05. The highest BCUT2D eigenvalue weighted by molar-refractivity contribution is 5.48. The van der Waals surface area contributed by atoms with E-state index in [2.05, 4.69) is 11.8 Å². The molecular formula is C12H17NO. The van der Waals surface area contributed by atoms with E-state index in [1.165, 1.54) is 18.5 Å². The van der Waals surface area contributed by atoms with E-state index in [0.717, 1.165) is 19.0 Å². The van der Waals surface area contributed by atoms with Crippen LogP contribution in [0.15, 0.2) is 24.3 Å². The Bertz CT molecular complexity index is 286. The second-order valence-electron chi connectivity index (χ2n) is 4.19. The molecule has 1 saturated heterocycles. The summed E-state index contributed by atoms with van der Waals surface area (Å²) in [7, 11) is 0. The Morgan fingerprint density at radius 3 is 2.29 bits per heavy atom. The first kappa shape index (κ1) is 9.38. The fourth-order valence-electron chi connectivity index (χ4n) is 1.93. The quantitative estimate of drug-likeness (QED) is 0.737. The minimum atomic E-state index is 0.346. The minimum Gasteiger partial charge on any atom is -0.508 e. The van der Waals surface area contributed by atoms with Crippen molar-refractivity contribution in [2.45, 2.75) is 19.8 Å².